The van der Waals surface area contributed by atoms with E-state index in [1.165, 1.54) is 44.9 Å². The maximum Gasteiger partial charge on any atom is 0.191 e. The summed E-state index contributed by atoms with van der Waals surface area (Å²) in [5, 5.41) is 7.46. The smallest absolute Gasteiger partial charge is 0.191 e. The molecule has 4 fully saturated rings. The van der Waals surface area contributed by atoms with Gasteiger partial charge in [-0.25, -0.2) is 0 Å². The number of fused-ring (bicyclic) bond motifs is 2. The minimum absolute atomic E-state index is 0.210. The van der Waals surface area contributed by atoms with Gasteiger partial charge in [-0.3, -0.25) is 4.99 Å². The Bertz CT molecular complexity index is 475. The average molecular weight is 319 g/mol. The van der Waals surface area contributed by atoms with Crippen LogP contribution in [-0.2, 0) is 4.74 Å². The quantitative estimate of drug-likeness (QED) is 0.608. The first-order valence-corrected chi connectivity index (χ1v) is 9.71. The van der Waals surface area contributed by atoms with Crippen molar-refractivity contribution in [3.05, 3.63) is 0 Å². The highest BCUT2D eigenvalue weighted by molar-refractivity contribution is 5.80. The van der Waals surface area contributed by atoms with Crippen LogP contribution in [0.4, 0.5) is 0 Å². The summed E-state index contributed by atoms with van der Waals surface area (Å²) in [7, 11) is 1.91. The van der Waals surface area contributed by atoms with Gasteiger partial charge in [0.05, 0.1) is 6.10 Å². The van der Waals surface area contributed by atoms with Gasteiger partial charge >= 0.3 is 0 Å². The summed E-state index contributed by atoms with van der Waals surface area (Å²) in [6.45, 7) is 5.58. The second-order valence-electron chi connectivity index (χ2n) is 8.86. The highest BCUT2D eigenvalue weighted by atomic mass is 16.5. The van der Waals surface area contributed by atoms with Crippen molar-refractivity contribution in [1.29, 1.82) is 0 Å². The Hall–Kier alpha value is -0.770. The molecule has 3 aliphatic carbocycles. The van der Waals surface area contributed by atoms with Crippen LogP contribution in [0.5, 0.6) is 0 Å². The Labute approximate surface area is 140 Å². The van der Waals surface area contributed by atoms with Crippen LogP contribution in [-0.4, -0.2) is 37.8 Å². The van der Waals surface area contributed by atoms with Crippen molar-refractivity contribution < 1.29 is 4.74 Å². The summed E-state index contributed by atoms with van der Waals surface area (Å²) in [4.78, 5) is 4.52. The first-order chi connectivity index (χ1) is 11.1. The van der Waals surface area contributed by atoms with E-state index in [1.807, 2.05) is 7.05 Å². The molecule has 0 amide bonds. The molecule has 0 spiro atoms. The van der Waals surface area contributed by atoms with E-state index in [0.717, 1.165) is 24.4 Å². The number of aliphatic imine (C=N–C) groups is 1. The van der Waals surface area contributed by atoms with E-state index in [1.54, 1.807) is 0 Å². The number of ether oxygens (including phenoxy) is 1. The predicted molar refractivity (Wildman–Crippen MR) is 93.5 cm³/mol. The lowest BCUT2D eigenvalue weighted by atomic mass is 9.57. The molecular formula is C19H33N3O. The second kappa shape index (κ2) is 5.94. The summed E-state index contributed by atoms with van der Waals surface area (Å²) in [5.41, 5.74) is 0.210. The van der Waals surface area contributed by atoms with Crippen molar-refractivity contribution in [2.24, 2.45) is 28.2 Å². The Balaban J connectivity index is 1.34. The molecule has 4 aliphatic rings. The number of hydrogen-bond acceptors (Lipinski definition) is 2. The van der Waals surface area contributed by atoms with Gasteiger partial charge in [-0.15, -0.1) is 0 Å². The van der Waals surface area contributed by atoms with Gasteiger partial charge in [0.25, 0.3) is 0 Å². The fraction of sp³-hybridized carbons (Fsp3) is 0.947. The SMILES string of the molecule is CN=C(NC1CCC2CCCC2C1)NC1C2CCOC2C1(C)C. The standard InChI is InChI=1S/C19H33N3O/c1-19(2)16(15-9-10-23-17(15)19)22-18(20-3)21-14-8-7-12-5-4-6-13(12)11-14/h12-17H,4-11H2,1-3H3,(H2,20,21,22). The van der Waals surface area contributed by atoms with Crippen molar-refractivity contribution in [3.8, 4) is 0 Å². The lowest BCUT2D eigenvalue weighted by Crippen LogP contribution is -2.68. The molecule has 6 unspecified atom stereocenters. The zero-order valence-electron chi connectivity index (χ0n) is 15.0. The maximum absolute atomic E-state index is 5.91. The molecule has 4 heteroatoms. The van der Waals surface area contributed by atoms with Crippen molar-refractivity contribution >= 4 is 5.96 Å². The van der Waals surface area contributed by atoms with Gasteiger partial charge in [0.2, 0.25) is 0 Å². The van der Waals surface area contributed by atoms with Gasteiger partial charge in [-0.05, 0) is 37.5 Å². The monoisotopic (exact) mass is 319 g/mol. The van der Waals surface area contributed by atoms with E-state index < -0.39 is 0 Å². The zero-order valence-corrected chi connectivity index (χ0v) is 15.0. The van der Waals surface area contributed by atoms with Crippen molar-refractivity contribution in [2.45, 2.75) is 77.0 Å². The van der Waals surface area contributed by atoms with Gasteiger partial charge in [-0.1, -0.05) is 33.1 Å². The van der Waals surface area contributed by atoms with Crippen molar-refractivity contribution in [2.75, 3.05) is 13.7 Å². The third kappa shape index (κ3) is 2.67. The van der Waals surface area contributed by atoms with E-state index in [0.29, 0.717) is 24.1 Å². The van der Waals surface area contributed by atoms with Crippen LogP contribution < -0.4 is 10.6 Å². The Morgan fingerprint density at radius 2 is 1.87 bits per heavy atom. The van der Waals surface area contributed by atoms with Gasteiger partial charge in [-0.2, -0.15) is 0 Å². The third-order valence-electron chi connectivity index (χ3n) is 7.25. The van der Waals surface area contributed by atoms with Crippen LogP contribution in [0, 0.1) is 23.2 Å². The van der Waals surface area contributed by atoms with Gasteiger partial charge in [0.15, 0.2) is 5.96 Å². The summed E-state index contributed by atoms with van der Waals surface area (Å²) in [6, 6.07) is 1.10. The number of nitrogens with zero attached hydrogens (tertiary/aromatic N) is 1. The molecule has 1 saturated heterocycles. The summed E-state index contributed by atoms with van der Waals surface area (Å²) in [5.74, 6) is 3.65. The van der Waals surface area contributed by atoms with E-state index in [4.69, 9.17) is 4.74 Å². The van der Waals surface area contributed by atoms with Gasteiger partial charge in [0.1, 0.15) is 0 Å². The highest BCUT2D eigenvalue weighted by Gasteiger charge is 2.59. The van der Waals surface area contributed by atoms with Crippen LogP contribution in [0.1, 0.15) is 58.8 Å². The third-order valence-corrected chi connectivity index (χ3v) is 7.25. The zero-order chi connectivity index (χ0) is 16.0. The van der Waals surface area contributed by atoms with Crippen LogP contribution in [0.3, 0.4) is 0 Å². The maximum atomic E-state index is 5.91. The van der Waals surface area contributed by atoms with Crippen molar-refractivity contribution in [3.63, 3.8) is 0 Å². The molecule has 1 aliphatic heterocycles. The van der Waals surface area contributed by atoms with E-state index >= 15 is 0 Å². The topological polar surface area (TPSA) is 45.7 Å². The molecule has 130 valence electrons. The molecule has 4 rings (SSSR count). The van der Waals surface area contributed by atoms with E-state index in [9.17, 15) is 0 Å². The molecule has 4 nitrogen and oxygen atoms in total. The lowest BCUT2D eigenvalue weighted by molar-refractivity contribution is -0.106. The first kappa shape index (κ1) is 15.7. The largest absolute Gasteiger partial charge is 0.377 e. The molecule has 6 atom stereocenters. The number of guanidine groups is 1. The second-order valence-corrected chi connectivity index (χ2v) is 8.86. The molecule has 0 aromatic heterocycles. The van der Waals surface area contributed by atoms with Gasteiger partial charge < -0.3 is 15.4 Å². The lowest BCUT2D eigenvalue weighted by Gasteiger charge is -2.55. The van der Waals surface area contributed by atoms with E-state index in [2.05, 4.69) is 29.5 Å². The highest BCUT2D eigenvalue weighted by Crippen LogP contribution is 2.52. The van der Waals surface area contributed by atoms with Crippen LogP contribution in [0.25, 0.3) is 0 Å². The summed E-state index contributed by atoms with van der Waals surface area (Å²) in [6.07, 6.45) is 10.1. The predicted octanol–water partition coefficient (Wildman–Crippen LogP) is 2.93. The Morgan fingerprint density at radius 3 is 2.70 bits per heavy atom. The van der Waals surface area contributed by atoms with Crippen LogP contribution in [0.15, 0.2) is 4.99 Å². The summed E-state index contributed by atoms with van der Waals surface area (Å²) < 4.78 is 5.91. The summed E-state index contributed by atoms with van der Waals surface area (Å²) >= 11 is 0. The minimum atomic E-state index is 0.210. The molecule has 23 heavy (non-hydrogen) atoms. The number of nitrogens with one attached hydrogen (secondary N) is 2. The molecule has 0 bridgehead atoms. The Morgan fingerprint density at radius 1 is 1.04 bits per heavy atom. The average Bonchev–Trinajstić information content (AvgIpc) is 3.18. The normalized spacial score (nSPS) is 45.1. The number of hydrogen-bond donors (Lipinski definition) is 2. The first-order valence-electron chi connectivity index (χ1n) is 9.71. The minimum Gasteiger partial charge on any atom is -0.377 e. The fourth-order valence-electron chi connectivity index (χ4n) is 5.96. The fourth-order valence-corrected chi connectivity index (χ4v) is 5.96. The molecule has 0 radical (unpaired) electrons. The molecular weight excluding hydrogens is 286 g/mol. The van der Waals surface area contributed by atoms with Gasteiger partial charge in [0, 0.05) is 37.1 Å². The molecule has 0 aromatic carbocycles. The number of rotatable bonds is 2. The van der Waals surface area contributed by atoms with Crippen LogP contribution in [0.2, 0.25) is 0 Å². The Kier molecular flexibility index (Phi) is 4.07. The van der Waals surface area contributed by atoms with Crippen LogP contribution >= 0.6 is 0 Å². The molecule has 3 saturated carbocycles. The molecule has 0 aromatic rings. The molecule has 2 N–H and O–H groups in total. The molecule has 1 heterocycles. The van der Waals surface area contributed by atoms with Crippen molar-refractivity contribution in [1.82, 2.24) is 10.6 Å². The van der Waals surface area contributed by atoms with E-state index in [-0.39, 0.29) is 5.41 Å².